The second-order valence-corrected chi connectivity index (χ2v) is 2.59. The van der Waals surface area contributed by atoms with Crippen molar-refractivity contribution in [2.75, 3.05) is 6.61 Å². The lowest BCUT2D eigenvalue weighted by molar-refractivity contribution is -0.142. The number of hydrogen-bond donors (Lipinski definition) is 1. The molecule has 13 heavy (non-hydrogen) atoms. The third-order valence-electron chi connectivity index (χ3n) is 1.53. The lowest BCUT2D eigenvalue weighted by Gasteiger charge is -1.97. The number of aromatic amines is 1. The minimum absolute atomic E-state index is 0.145. The van der Waals surface area contributed by atoms with Crippen molar-refractivity contribution in [2.24, 2.45) is 0 Å². The van der Waals surface area contributed by atoms with Gasteiger partial charge in [-0.15, -0.1) is 0 Å². The van der Waals surface area contributed by atoms with E-state index in [-0.39, 0.29) is 12.4 Å². The molecule has 0 aliphatic carbocycles. The molecule has 0 saturated carbocycles. The molecule has 0 fully saturated rings. The molecule has 4 nitrogen and oxygen atoms in total. The molecule has 1 aromatic rings. The number of carbonyl (C=O) groups excluding carboxylic acids is 1. The zero-order chi connectivity index (χ0) is 9.84. The fourth-order valence-electron chi connectivity index (χ4n) is 0.937. The Kier molecular flexibility index (Phi) is 2.84. The Labute approximate surface area is 75.9 Å². The summed E-state index contributed by atoms with van der Waals surface area (Å²) in [6.07, 6.45) is 0.145. The number of esters is 1. The SMILES string of the molecule is C=c1nc(CC(=O)OCC)[nH]c1=C. The first-order valence-electron chi connectivity index (χ1n) is 4.02. The van der Waals surface area contributed by atoms with Gasteiger partial charge in [-0.25, -0.2) is 4.98 Å². The van der Waals surface area contributed by atoms with Crippen LogP contribution in [0.2, 0.25) is 0 Å². The standard InChI is InChI=1S/C9H12N2O2/c1-4-13-9(12)5-8-10-6(2)7(3)11-8/h2-5H2,1H3,(H,10,11). The number of rotatable bonds is 3. The van der Waals surface area contributed by atoms with E-state index in [1.54, 1.807) is 6.92 Å². The summed E-state index contributed by atoms with van der Waals surface area (Å²) in [5.41, 5.74) is 0. The van der Waals surface area contributed by atoms with Crippen molar-refractivity contribution < 1.29 is 9.53 Å². The Bertz CT molecular complexity index is 367. The van der Waals surface area contributed by atoms with Gasteiger partial charge in [0.25, 0.3) is 0 Å². The van der Waals surface area contributed by atoms with Gasteiger partial charge in [-0.2, -0.15) is 0 Å². The molecule has 0 bridgehead atoms. The van der Waals surface area contributed by atoms with Gasteiger partial charge in [-0.1, -0.05) is 13.2 Å². The Balaban J connectivity index is 2.70. The van der Waals surface area contributed by atoms with E-state index in [1.807, 2.05) is 0 Å². The average Bonchev–Trinajstić information content (AvgIpc) is 2.31. The number of hydrogen-bond acceptors (Lipinski definition) is 3. The van der Waals surface area contributed by atoms with Crippen LogP contribution in [-0.4, -0.2) is 22.5 Å². The molecular formula is C9H12N2O2. The van der Waals surface area contributed by atoms with Crippen molar-refractivity contribution in [2.45, 2.75) is 13.3 Å². The van der Waals surface area contributed by atoms with Crippen molar-refractivity contribution in [1.29, 1.82) is 0 Å². The Hall–Kier alpha value is -1.58. The summed E-state index contributed by atoms with van der Waals surface area (Å²) in [6, 6.07) is 0. The number of nitrogens with one attached hydrogen (secondary N) is 1. The zero-order valence-corrected chi connectivity index (χ0v) is 7.59. The third-order valence-corrected chi connectivity index (χ3v) is 1.53. The van der Waals surface area contributed by atoms with E-state index < -0.39 is 0 Å². The highest BCUT2D eigenvalue weighted by Gasteiger charge is 2.05. The first-order valence-corrected chi connectivity index (χ1v) is 4.02. The largest absolute Gasteiger partial charge is 0.466 e. The average molecular weight is 180 g/mol. The fourth-order valence-corrected chi connectivity index (χ4v) is 0.937. The molecule has 0 spiro atoms. The normalized spacial score (nSPS) is 9.92. The maximum atomic E-state index is 11.0. The van der Waals surface area contributed by atoms with Gasteiger partial charge in [-0.05, 0) is 6.92 Å². The van der Waals surface area contributed by atoms with Crippen molar-refractivity contribution in [3.05, 3.63) is 16.5 Å². The number of H-pyrrole nitrogens is 1. The highest BCUT2D eigenvalue weighted by molar-refractivity contribution is 5.71. The van der Waals surface area contributed by atoms with E-state index in [2.05, 4.69) is 23.1 Å². The van der Waals surface area contributed by atoms with E-state index >= 15 is 0 Å². The third kappa shape index (κ3) is 2.43. The predicted octanol–water partition coefficient (Wildman–Crippen LogP) is -0.664. The van der Waals surface area contributed by atoms with Crippen LogP contribution in [0.5, 0.6) is 0 Å². The van der Waals surface area contributed by atoms with Crippen LogP contribution in [0, 0.1) is 0 Å². The van der Waals surface area contributed by atoms with Gasteiger partial charge in [0.05, 0.1) is 17.3 Å². The Morgan fingerprint density at radius 3 is 2.77 bits per heavy atom. The summed E-state index contributed by atoms with van der Waals surface area (Å²) in [6.45, 7) is 9.44. The molecule has 1 rings (SSSR count). The van der Waals surface area contributed by atoms with Gasteiger partial charge in [0.15, 0.2) is 0 Å². The highest BCUT2D eigenvalue weighted by atomic mass is 16.5. The summed E-state index contributed by atoms with van der Waals surface area (Å²) in [4.78, 5) is 17.9. The van der Waals surface area contributed by atoms with Gasteiger partial charge >= 0.3 is 5.97 Å². The lowest BCUT2D eigenvalue weighted by Crippen LogP contribution is -2.19. The molecule has 0 aliphatic rings. The van der Waals surface area contributed by atoms with Gasteiger partial charge in [-0.3, -0.25) is 4.79 Å². The predicted molar refractivity (Wildman–Crippen MR) is 49.2 cm³/mol. The summed E-state index contributed by atoms with van der Waals surface area (Å²) in [5, 5.41) is 1.21. The van der Waals surface area contributed by atoms with Crippen molar-refractivity contribution in [3.8, 4) is 0 Å². The zero-order valence-electron chi connectivity index (χ0n) is 7.59. The molecule has 70 valence electrons. The minimum Gasteiger partial charge on any atom is -0.466 e. The minimum atomic E-state index is -0.295. The fraction of sp³-hybridized carbons (Fsp3) is 0.333. The summed E-state index contributed by atoms with van der Waals surface area (Å²) in [7, 11) is 0. The van der Waals surface area contributed by atoms with Gasteiger partial charge < -0.3 is 9.72 Å². The molecule has 0 radical (unpaired) electrons. The first-order chi connectivity index (χ1) is 6.13. The molecule has 0 saturated heterocycles. The summed E-state index contributed by atoms with van der Waals surface area (Å²) in [5.74, 6) is 0.254. The van der Waals surface area contributed by atoms with E-state index in [4.69, 9.17) is 4.74 Å². The molecule has 1 heterocycles. The maximum absolute atomic E-state index is 11.0. The Morgan fingerprint density at radius 1 is 1.62 bits per heavy atom. The number of carbonyl (C=O) groups is 1. The lowest BCUT2D eigenvalue weighted by atomic mass is 10.4. The summed E-state index contributed by atoms with van der Waals surface area (Å²) >= 11 is 0. The van der Waals surface area contributed by atoms with Gasteiger partial charge in [0.2, 0.25) is 0 Å². The molecular weight excluding hydrogens is 168 g/mol. The molecule has 0 amide bonds. The topological polar surface area (TPSA) is 55.0 Å². The van der Waals surface area contributed by atoms with Crippen molar-refractivity contribution in [1.82, 2.24) is 9.97 Å². The quantitative estimate of drug-likeness (QED) is 0.628. The number of nitrogens with zero attached hydrogens (tertiary/aromatic N) is 1. The van der Waals surface area contributed by atoms with E-state index in [1.165, 1.54) is 0 Å². The van der Waals surface area contributed by atoms with Crippen LogP contribution >= 0.6 is 0 Å². The molecule has 0 aromatic carbocycles. The second kappa shape index (κ2) is 3.89. The monoisotopic (exact) mass is 180 g/mol. The molecule has 0 atom stereocenters. The number of ether oxygens (including phenoxy) is 1. The van der Waals surface area contributed by atoms with Crippen LogP contribution in [0.25, 0.3) is 13.2 Å². The molecule has 0 unspecified atom stereocenters. The number of imidazole rings is 1. The van der Waals surface area contributed by atoms with Crippen LogP contribution in [0.1, 0.15) is 12.7 Å². The Morgan fingerprint density at radius 2 is 2.31 bits per heavy atom. The molecule has 1 aromatic heterocycles. The summed E-state index contributed by atoms with van der Waals surface area (Å²) < 4.78 is 4.76. The van der Waals surface area contributed by atoms with Crippen LogP contribution in [0.3, 0.4) is 0 Å². The van der Waals surface area contributed by atoms with Crippen LogP contribution in [-0.2, 0) is 16.0 Å². The molecule has 0 aliphatic heterocycles. The van der Waals surface area contributed by atoms with Crippen LogP contribution in [0.15, 0.2) is 0 Å². The smallest absolute Gasteiger partial charge is 0.313 e. The first kappa shape index (κ1) is 9.51. The molecule has 1 N–H and O–H groups in total. The van der Waals surface area contributed by atoms with Crippen molar-refractivity contribution >= 4 is 19.1 Å². The maximum Gasteiger partial charge on any atom is 0.313 e. The molecule has 4 heteroatoms. The van der Waals surface area contributed by atoms with Crippen LogP contribution < -0.4 is 10.7 Å². The van der Waals surface area contributed by atoms with E-state index in [0.29, 0.717) is 23.1 Å². The van der Waals surface area contributed by atoms with Gasteiger partial charge in [0, 0.05) is 0 Å². The highest BCUT2D eigenvalue weighted by Crippen LogP contribution is 1.88. The van der Waals surface area contributed by atoms with E-state index in [9.17, 15) is 4.79 Å². The van der Waals surface area contributed by atoms with Gasteiger partial charge in [0.1, 0.15) is 12.2 Å². The number of aromatic nitrogens is 2. The van der Waals surface area contributed by atoms with E-state index in [0.717, 1.165) is 0 Å². The van der Waals surface area contributed by atoms with Crippen molar-refractivity contribution in [3.63, 3.8) is 0 Å². The van der Waals surface area contributed by atoms with Crippen LogP contribution in [0.4, 0.5) is 0 Å². The second-order valence-electron chi connectivity index (χ2n) is 2.59.